The second kappa shape index (κ2) is 7.08. The summed E-state index contributed by atoms with van der Waals surface area (Å²) in [5, 5.41) is 11.4. The van der Waals surface area contributed by atoms with Gasteiger partial charge >= 0.3 is 5.97 Å². The van der Waals surface area contributed by atoms with E-state index in [9.17, 15) is 4.79 Å². The Morgan fingerprint density at radius 1 is 1.73 bits per heavy atom. The highest BCUT2D eigenvalue weighted by molar-refractivity contribution is 6.19. The lowest BCUT2D eigenvalue weighted by Gasteiger charge is -1.89. The van der Waals surface area contributed by atoms with Crippen molar-refractivity contribution in [1.29, 1.82) is 0 Å². The number of aliphatic carboxylic acids is 1. The molecular weight excluding hydrogens is 170 g/mol. The van der Waals surface area contributed by atoms with Gasteiger partial charge in [0.25, 0.3) is 0 Å². The van der Waals surface area contributed by atoms with Gasteiger partial charge < -0.3 is 9.94 Å². The first-order valence-corrected chi connectivity index (χ1v) is 3.39. The molecule has 0 aromatic carbocycles. The van der Waals surface area contributed by atoms with E-state index in [1.807, 2.05) is 0 Å². The first-order chi connectivity index (χ1) is 5.27. The molecule has 0 spiro atoms. The van der Waals surface area contributed by atoms with Crippen molar-refractivity contribution in [1.82, 2.24) is 0 Å². The highest BCUT2D eigenvalue weighted by atomic mass is 35.5. The van der Waals surface area contributed by atoms with Crippen molar-refractivity contribution >= 4 is 23.8 Å². The molecule has 0 aliphatic carbocycles. The van der Waals surface area contributed by atoms with Crippen LogP contribution < -0.4 is 0 Å². The van der Waals surface area contributed by atoms with Crippen LogP contribution in [0.1, 0.15) is 0 Å². The predicted octanol–water partition coefficient (Wildman–Crippen LogP) is 0.868. The number of carboxylic acid groups (broad SMARTS) is 1. The van der Waals surface area contributed by atoms with Crippen LogP contribution in [-0.4, -0.2) is 29.8 Å². The molecule has 5 heteroatoms. The Labute approximate surface area is 69.1 Å². The average molecular weight is 178 g/mol. The lowest BCUT2D eigenvalue weighted by atomic mass is 10.6. The number of carboxylic acids is 1. The maximum Gasteiger partial charge on any atom is 0.344 e. The molecule has 0 fully saturated rings. The summed E-state index contributed by atoms with van der Waals surface area (Å²) in [5.41, 5.74) is 0. The number of hydrogen-bond acceptors (Lipinski definition) is 3. The summed E-state index contributed by atoms with van der Waals surface area (Å²) in [6.45, 7) is -0.425. The summed E-state index contributed by atoms with van der Waals surface area (Å²) < 4.78 is 0. The van der Waals surface area contributed by atoms with Crippen molar-refractivity contribution in [3.05, 3.63) is 12.2 Å². The maximum atomic E-state index is 9.85. The van der Waals surface area contributed by atoms with E-state index in [4.69, 9.17) is 16.7 Å². The second-order valence-electron chi connectivity index (χ2n) is 1.50. The SMILES string of the molecule is O=C(O)CO/N=C\C=C\CCl. The van der Waals surface area contributed by atoms with Crippen molar-refractivity contribution in [2.75, 3.05) is 12.5 Å². The molecule has 0 atom stereocenters. The van der Waals surface area contributed by atoms with Gasteiger partial charge in [0.05, 0.1) is 6.21 Å². The number of oxime groups is 1. The summed E-state index contributed by atoms with van der Waals surface area (Å²) in [7, 11) is 0. The number of alkyl halides is 1. The Morgan fingerprint density at radius 2 is 2.45 bits per heavy atom. The van der Waals surface area contributed by atoms with E-state index in [1.54, 1.807) is 12.2 Å². The Hall–Kier alpha value is -1.03. The van der Waals surface area contributed by atoms with Crippen molar-refractivity contribution in [2.45, 2.75) is 0 Å². The average Bonchev–Trinajstić information content (AvgIpc) is 1.96. The normalized spacial score (nSPS) is 11.0. The molecule has 4 nitrogen and oxygen atoms in total. The van der Waals surface area contributed by atoms with Gasteiger partial charge in [-0.05, 0) is 6.08 Å². The van der Waals surface area contributed by atoms with Gasteiger partial charge in [0.1, 0.15) is 0 Å². The van der Waals surface area contributed by atoms with Crippen molar-refractivity contribution in [3.8, 4) is 0 Å². The quantitative estimate of drug-likeness (QED) is 0.385. The molecule has 0 heterocycles. The molecule has 0 aliphatic rings. The number of nitrogens with zero attached hydrogens (tertiary/aromatic N) is 1. The molecule has 0 aliphatic heterocycles. The smallest absolute Gasteiger partial charge is 0.344 e. The Kier molecular flexibility index (Phi) is 6.42. The molecule has 0 saturated carbocycles. The Morgan fingerprint density at radius 3 is 3.00 bits per heavy atom. The Bertz CT molecular complexity index is 167. The summed E-state index contributed by atoms with van der Waals surface area (Å²) in [4.78, 5) is 14.2. The minimum atomic E-state index is -1.05. The first-order valence-electron chi connectivity index (χ1n) is 2.85. The minimum absolute atomic E-state index is 0.394. The second-order valence-corrected chi connectivity index (χ2v) is 1.81. The van der Waals surface area contributed by atoms with Gasteiger partial charge in [0, 0.05) is 5.88 Å². The number of halogens is 1. The van der Waals surface area contributed by atoms with Gasteiger partial charge in [-0.1, -0.05) is 11.2 Å². The molecule has 0 aromatic rings. The molecule has 1 N–H and O–H groups in total. The van der Waals surface area contributed by atoms with Crippen molar-refractivity contribution < 1.29 is 14.7 Å². The fraction of sp³-hybridized carbons (Fsp3) is 0.333. The number of carbonyl (C=O) groups is 1. The lowest BCUT2D eigenvalue weighted by molar-refractivity contribution is -0.142. The molecule has 11 heavy (non-hydrogen) atoms. The summed E-state index contributed by atoms with van der Waals surface area (Å²) in [6, 6.07) is 0. The van der Waals surface area contributed by atoms with Gasteiger partial charge in [-0.25, -0.2) is 4.79 Å². The van der Waals surface area contributed by atoms with Crippen LogP contribution in [0.15, 0.2) is 17.3 Å². The molecule has 0 amide bonds. The summed E-state index contributed by atoms with van der Waals surface area (Å²) in [6.07, 6.45) is 4.54. The third kappa shape index (κ3) is 8.97. The van der Waals surface area contributed by atoms with Crippen LogP contribution >= 0.6 is 11.6 Å². The molecule has 0 rings (SSSR count). The Balaban J connectivity index is 3.30. The first kappa shape index (κ1) is 9.97. The monoisotopic (exact) mass is 177 g/mol. The van der Waals surface area contributed by atoms with Crippen LogP contribution in [0.5, 0.6) is 0 Å². The minimum Gasteiger partial charge on any atom is -0.479 e. The zero-order chi connectivity index (χ0) is 8.53. The van der Waals surface area contributed by atoms with E-state index in [1.165, 1.54) is 6.21 Å². The number of allylic oxidation sites excluding steroid dienone is 2. The topological polar surface area (TPSA) is 58.9 Å². The highest BCUT2D eigenvalue weighted by Crippen LogP contribution is 1.77. The van der Waals surface area contributed by atoms with Crippen molar-refractivity contribution in [3.63, 3.8) is 0 Å². The van der Waals surface area contributed by atoms with Gasteiger partial charge in [0.15, 0.2) is 0 Å². The molecule has 0 aromatic heterocycles. The van der Waals surface area contributed by atoms with Crippen LogP contribution in [0.4, 0.5) is 0 Å². The molecule has 0 saturated heterocycles. The van der Waals surface area contributed by atoms with Crippen LogP contribution in [0.25, 0.3) is 0 Å². The third-order valence-electron chi connectivity index (χ3n) is 0.635. The van der Waals surface area contributed by atoms with Crippen LogP contribution in [0.3, 0.4) is 0 Å². The molecule has 0 radical (unpaired) electrons. The van der Waals surface area contributed by atoms with E-state index < -0.39 is 12.6 Å². The van der Waals surface area contributed by atoms with Gasteiger partial charge in [-0.2, -0.15) is 0 Å². The molecule has 62 valence electrons. The van der Waals surface area contributed by atoms with E-state index >= 15 is 0 Å². The molecule has 0 bridgehead atoms. The van der Waals surface area contributed by atoms with Crippen LogP contribution in [0, 0.1) is 0 Å². The van der Waals surface area contributed by atoms with Gasteiger partial charge in [0.2, 0.25) is 6.61 Å². The van der Waals surface area contributed by atoms with Crippen molar-refractivity contribution in [2.24, 2.45) is 5.16 Å². The lowest BCUT2D eigenvalue weighted by Crippen LogP contribution is -2.02. The molecular formula is C6H8ClNO3. The van der Waals surface area contributed by atoms with Crippen LogP contribution in [0.2, 0.25) is 0 Å². The number of hydrogen-bond donors (Lipinski definition) is 1. The zero-order valence-corrected chi connectivity index (χ0v) is 6.49. The fourth-order valence-electron chi connectivity index (χ4n) is 0.283. The summed E-state index contributed by atoms with van der Waals surface area (Å²) >= 11 is 5.28. The molecule has 0 unspecified atom stereocenters. The van der Waals surface area contributed by atoms with Gasteiger partial charge in [-0.15, -0.1) is 11.6 Å². The third-order valence-corrected chi connectivity index (χ3v) is 0.813. The standard InChI is InChI=1S/C6H8ClNO3/c7-3-1-2-4-8-11-5-6(9)10/h1-2,4H,3,5H2,(H,9,10)/b2-1+,8-4-. The van der Waals surface area contributed by atoms with E-state index in [-0.39, 0.29) is 0 Å². The zero-order valence-electron chi connectivity index (χ0n) is 5.74. The van der Waals surface area contributed by atoms with E-state index in [2.05, 4.69) is 9.99 Å². The van der Waals surface area contributed by atoms with E-state index in [0.29, 0.717) is 5.88 Å². The fourth-order valence-corrected chi connectivity index (χ4v) is 0.386. The van der Waals surface area contributed by atoms with E-state index in [0.717, 1.165) is 0 Å². The van der Waals surface area contributed by atoms with Crippen LogP contribution in [-0.2, 0) is 9.63 Å². The maximum absolute atomic E-state index is 9.85. The largest absolute Gasteiger partial charge is 0.479 e. The number of rotatable bonds is 5. The predicted molar refractivity (Wildman–Crippen MR) is 41.9 cm³/mol. The highest BCUT2D eigenvalue weighted by Gasteiger charge is 1.91. The van der Waals surface area contributed by atoms with Gasteiger partial charge in [-0.3, -0.25) is 0 Å². The summed E-state index contributed by atoms with van der Waals surface area (Å²) in [5.74, 6) is -0.659.